The first kappa shape index (κ1) is 17.2. The molecule has 25 heavy (non-hydrogen) atoms. The van der Waals surface area contributed by atoms with Crippen LogP contribution in [0.5, 0.6) is 0 Å². The first-order chi connectivity index (χ1) is 12.1. The van der Waals surface area contributed by atoms with Gasteiger partial charge in [-0.05, 0) is 31.2 Å². The Morgan fingerprint density at radius 1 is 1.36 bits per heavy atom. The molecule has 1 amide bonds. The summed E-state index contributed by atoms with van der Waals surface area (Å²) in [6, 6.07) is 7.83. The summed E-state index contributed by atoms with van der Waals surface area (Å²) in [6.07, 6.45) is 3.84. The number of thiazole rings is 1. The van der Waals surface area contributed by atoms with Gasteiger partial charge in [-0.1, -0.05) is 12.1 Å². The Hall–Kier alpha value is -2.58. The highest BCUT2D eigenvalue weighted by Gasteiger charge is 2.21. The molecule has 0 bridgehead atoms. The highest BCUT2D eigenvalue weighted by Crippen LogP contribution is 2.22. The maximum absolute atomic E-state index is 12.6. The third-order valence-electron chi connectivity index (χ3n) is 4.09. The van der Waals surface area contributed by atoms with E-state index in [1.54, 1.807) is 28.3 Å². The number of rotatable bonds is 6. The van der Waals surface area contributed by atoms with Gasteiger partial charge in [-0.25, -0.2) is 14.6 Å². The number of nitrogens with zero attached hydrogens (tertiary/aromatic N) is 5. The van der Waals surface area contributed by atoms with Crippen molar-refractivity contribution in [2.45, 2.75) is 19.4 Å². The molecule has 2 heterocycles. The predicted octanol–water partition coefficient (Wildman–Crippen LogP) is 2.06. The molecule has 0 saturated carbocycles. The van der Waals surface area contributed by atoms with Crippen molar-refractivity contribution < 1.29 is 4.79 Å². The van der Waals surface area contributed by atoms with Crippen LogP contribution in [0.4, 0.5) is 0 Å². The highest BCUT2D eigenvalue weighted by atomic mass is 32.1. The maximum Gasteiger partial charge on any atom is 0.273 e. The molecule has 0 aliphatic heterocycles. The Bertz CT molecular complexity index is 827. The van der Waals surface area contributed by atoms with Crippen molar-refractivity contribution in [3.05, 3.63) is 58.6 Å². The van der Waals surface area contributed by atoms with Crippen LogP contribution in [0.1, 0.15) is 34.0 Å². The average Bonchev–Trinajstić information content (AvgIpc) is 3.32. The summed E-state index contributed by atoms with van der Waals surface area (Å²) >= 11 is 1.47. The van der Waals surface area contributed by atoms with Gasteiger partial charge in [0.15, 0.2) is 0 Å². The molecule has 3 rings (SSSR count). The fourth-order valence-corrected chi connectivity index (χ4v) is 3.26. The van der Waals surface area contributed by atoms with E-state index in [1.165, 1.54) is 17.7 Å². The van der Waals surface area contributed by atoms with Gasteiger partial charge in [0.25, 0.3) is 5.91 Å². The molecule has 2 N–H and O–H groups in total. The van der Waals surface area contributed by atoms with Gasteiger partial charge >= 0.3 is 0 Å². The number of nitrogens with two attached hydrogens (primary N) is 1. The van der Waals surface area contributed by atoms with Crippen molar-refractivity contribution in [1.82, 2.24) is 24.6 Å². The van der Waals surface area contributed by atoms with E-state index in [0.29, 0.717) is 18.7 Å². The summed E-state index contributed by atoms with van der Waals surface area (Å²) in [4.78, 5) is 22.7. The molecular formula is C17H20N6OS. The minimum Gasteiger partial charge on any atom is -0.334 e. The summed E-state index contributed by atoms with van der Waals surface area (Å²) in [5.41, 5.74) is 7.98. The van der Waals surface area contributed by atoms with E-state index in [1.807, 2.05) is 31.2 Å². The average molecular weight is 356 g/mol. The fourth-order valence-electron chi connectivity index (χ4n) is 2.47. The lowest BCUT2D eigenvalue weighted by atomic mass is 10.1. The minimum absolute atomic E-state index is 0.0723. The first-order valence-corrected chi connectivity index (χ1v) is 8.84. The van der Waals surface area contributed by atoms with E-state index < -0.39 is 0 Å². The summed E-state index contributed by atoms with van der Waals surface area (Å²) < 4.78 is 1.69. The Morgan fingerprint density at radius 3 is 2.76 bits per heavy atom. The zero-order valence-corrected chi connectivity index (χ0v) is 15.0. The second-order valence-electron chi connectivity index (χ2n) is 5.69. The molecule has 0 spiro atoms. The van der Waals surface area contributed by atoms with E-state index in [9.17, 15) is 4.79 Å². The number of aromatic nitrogens is 4. The quantitative estimate of drug-likeness (QED) is 0.730. The monoisotopic (exact) mass is 356 g/mol. The molecule has 1 unspecified atom stereocenters. The molecule has 3 aromatic rings. The third-order valence-corrected chi connectivity index (χ3v) is 5.00. The molecule has 2 aromatic heterocycles. The molecule has 1 aromatic carbocycles. The van der Waals surface area contributed by atoms with Crippen LogP contribution in [0.2, 0.25) is 0 Å². The summed E-state index contributed by atoms with van der Waals surface area (Å²) in [7, 11) is 1.79. The number of carbonyl (C=O) groups excluding carboxylic acids is 1. The lowest BCUT2D eigenvalue weighted by molar-refractivity contribution is 0.0737. The van der Waals surface area contributed by atoms with Crippen LogP contribution in [0, 0.1) is 0 Å². The molecule has 0 radical (unpaired) electrons. The van der Waals surface area contributed by atoms with Crippen molar-refractivity contribution in [1.29, 1.82) is 0 Å². The van der Waals surface area contributed by atoms with Gasteiger partial charge < -0.3 is 10.6 Å². The van der Waals surface area contributed by atoms with Crippen LogP contribution in [0.25, 0.3) is 5.69 Å². The molecule has 0 fully saturated rings. The molecule has 0 aliphatic carbocycles. The topological polar surface area (TPSA) is 89.9 Å². The SMILES string of the molecule is CC(c1ccc(-n2cncn2)cc1)N(C)C(=O)c1csc(CCN)n1. The number of amides is 1. The first-order valence-electron chi connectivity index (χ1n) is 7.96. The summed E-state index contributed by atoms with van der Waals surface area (Å²) in [6.45, 7) is 2.53. The van der Waals surface area contributed by atoms with Gasteiger partial charge in [-0.15, -0.1) is 11.3 Å². The minimum atomic E-state index is -0.0904. The van der Waals surface area contributed by atoms with Crippen LogP contribution in [0.3, 0.4) is 0 Å². The second kappa shape index (κ2) is 7.54. The molecule has 0 aliphatic rings. The second-order valence-corrected chi connectivity index (χ2v) is 6.63. The van der Waals surface area contributed by atoms with Gasteiger partial charge in [-0.2, -0.15) is 5.10 Å². The number of hydrogen-bond donors (Lipinski definition) is 1. The van der Waals surface area contributed by atoms with Gasteiger partial charge in [-0.3, -0.25) is 4.79 Å². The molecule has 7 nitrogen and oxygen atoms in total. The maximum atomic E-state index is 12.6. The molecule has 1 atom stereocenters. The summed E-state index contributed by atoms with van der Waals surface area (Å²) in [5.74, 6) is -0.0904. The van der Waals surface area contributed by atoms with Crippen molar-refractivity contribution in [2.75, 3.05) is 13.6 Å². The fraction of sp³-hybridized carbons (Fsp3) is 0.294. The zero-order chi connectivity index (χ0) is 17.8. The van der Waals surface area contributed by atoms with Crippen LogP contribution in [-0.4, -0.2) is 44.1 Å². The number of benzene rings is 1. The van der Waals surface area contributed by atoms with Crippen molar-refractivity contribution >= 4 is 17.2 Å². The zero-order valence-electron chi connectivity index (χ0n) is 14.2. The van der Waals surface area contributed by atoms with Crippen LogP contribution >= 0.6 is 11.3 Å². The lowest BCUT2D eigenvalue weighted by Crippen LogP contribution is -2.30. The van der Waals surface area contributed by atoms with E-state index in [-0.39, 0.29) is 11.9 Å². The lowest BCUT2D eigenvalue weighted by Gasteiger charge is -2.24. The highest BCUT2D eigenvalue weighted by molar-refractivity contribution is 7.09. The number of hydrogen-bond acceptors (Lipinski definition) is 6. The van der Waals surface area contributed by atoms with Crippen LogP contribution in [-0.2, 0) is 6.42 Å². The van der Waals surface area contributed by atoms with Gasteiger partial charge in [0.1, 0.15) is 18.3 Å². The molecule has 8 heteroatoms. The standard InChI is InChI=1S/C17H20N6OS/c1-12(13-3-5-14(6-4-13)23-11-19-10-20-23)22(2)17(24)15-9-25-16(21-15)7-8-18/h3-6,9-12H,7-8,18H2,1-2H3. The summed E-state index contributed by atoms with van der Waals surface area (Å²) in [5, 5.41) is 6.80. The van der Waals surface area contributed by atoms with Crippen molar-refractivity contribution in [3.8, 4) is 5.69 Å². The normalized spacial score (nSPS) is 12.1. The Balaban J connectivity index is 1.72. The smallest absolute Gasteiger partial charge is 0.273 e. The largest absolute Gasteiger partial charge is 0.334 e. The van der Waals surface area contributed by atoms with Gasteiger partial charge in [0.2, 0.25) is 0 Å². The van der Waals surface area contributed by atoms with Crippen LogP contribution < -0.4 is 5.73 Å². The van der Waals surface area contributed by atoms with E-state index in [2.05, 4.69) is 15.1 Å². The van der Waals surface area contributed by atoms with E-state index in [0.717, 1.165) is 16.3 Å². The third kappa shape index (κ3) is 3.75. The van der Waals surface area contributed by atoms with Gasteiger partial charge in [0.05, 0.1) is 16.7 Å². The molecular weight excluding hydrogens is 336 g/mol. The van der Waals surface area contributed by atoms with E-state index >= 15 is 0 Å². The predicted molar refractivity (Wildman–Crippen MR) is 96.7 cm³/mol. The van der Waals surface area contributed by atoms with Gasteiger partial charge in [0, 0.05) is 18.8 Å². The Labute approximate surface area is 150 Å². The number of carbonyl (C=O) groups is 1. The van der Waals surface area contributed by atoms with Crippen molar-refractivity contribution in [3.63, 3.8) is 0 Å². The van der Waals surface area contributed by atoms with E-state index in [4.69, 9.17) is 5.73 Å². The van der Waals surface area contributed by atoms with Crippen molar-refractivity contribution in [2.24, 2.45) is 5.73 Å². The Morgan fingerprint density at radius 2 is 2.12 bits per heavy atom. The molecule has 130 valence electrons. The molecule has 0 saturated heterocycles. The van der Waals surface area contributed by atoms with Crippen LogP contribution in [0.15, 0.2) is 42.3 Å². The Kier molecular flexibility index (Phi) is 5.20.